The van der Waals surface area contributed by atoms with Crippen molar-refractivity contribution < 1.29 is 18.8 Å². The number of hydrogen-bond acceptors (Lipinski definition) is 4. The summed E-state index contributed by atoms with van der Waals surface area (Å²) in [7, 11) is -0.394. The lowest BCUT2D eigenvalue weighted by atomic mass is 9.76. The van der Waals surface area contributed by atoms with Gasteiger partial charge in [-0.15, -0.1) is 0 Å². The van der Waals surface area contributed by atoms with E-state index in [2.05, 4.69) is 52.8 Å². The van der Waals surface area contributed by atoms with Crippen LogP contribution < -0.4 is 5.46 Å². The van der Waals surface area contributed by atoms with Crippen LogP contribution in [0.2, 0.25) is 0 Å². The van der Waals surface area contributed by atoms with Crippen LogP contribution in [0.15, 0.2) is 18.2 Å². The summed E-state index contributed by atoms with van der Waals surface area (Å²) in [4.78, 5) is 14.4. The molecule has 0 N–H and O–H groups in total. The van der Waals surface area contributed by atoms with Gasteiger partial charge < -0.3 is 18.9 Å². The maximum atomic E-state index is 12.6. The molecular formula is C21H32BNO4. The van der Waals surface area contributed by atoms with E-state index in [4.69, 9.17) is 14.0 Å². The largest absolute Gasteiger partial charge is 0.494 e. The van der Waals surface area contributed by atoms with Crippen LogP contribution in [0.5, 0.6) is 0 Å². The van der Waals surface area contributed by atoms with Crippen molar-refractivity contribution in [1.29, 1.82) is 0 Å². The van der Waals surface area contributed by atoms with E-state index in [0.29, 0.717) is 6.54 Å². The monoisotopic (exact) mass is 373 g/mol. The molecule has 5 nitrogen and oxygen atoms in total. The zero-order valence-electron chi connectivity index (χ0n) is 17.9. The van der Waals surface area contributed by atoms with Gasteiger partial charge in [-0.1, -0.05) is 18.2 Å². The molecule has 1 unspecified atom stereocenters. The lowest BCUT2D eigenvalue weighted by Crippen LogP contribution is -2.45. The highest BCUT2D eigenvalue weighted by molar-refractivity contribution is 6.62. The van der Waals surface area contributed by atoms with Crippen LogP contribution in [0.25, 0.3) is 0 Å². The zero-order valence-corrected chi connectivity index (χ0v) is 17.9. The molecule has 1 amide bonds. The van der Waals surface area contributed by atoms with E-state index >= 15 is 0 Å². The molecule has 6 heteroatoms. The highest BCUT2D eigenvalue weighted by atomic mass is 16.7. The van der Waals surface area contributed by atoms with E-state index < -0.39 is 12.7 Å². The predicted octanol–water partition coefficient (Wildman–Crippen LogP) is 3.67. The Balaban J connectivity index is 1.82. The van der Waals surface area contributed by atoms with Gasteiger partial charge in [0.25, 0.3) is 0 Å². The summed E-state index contributed by atoms with van der Waals surface area (Å²) < 4.78 is 17.9. The van der Waals surface area contributed by atoms with E-state index in [9.17, 15) is 4.79 Å². The summed E-state index contributed by atoms with van der Waals surface area (Å²) in [6.45, 7) is 16.5. The first-order valence-corrected chi connectivity index (χ1v) is 9.76. The molecule has 2 aliphatic heterocycles. The quantitative estimate of drug-likeness (QED) is 0.705. The van der Waals surface area contributed by atoms with Gasteiger partial charge in [-0.05, 0) is 78.4 Å². The summed E-state index contributed by atoms with van der Waals surface area (Å²) >= 11 is 0. The summed E-state index contributed by atoms with van der Waals surface area (Å²) in [5.74, 6) is 0. The highest BCUT2D eigenvalue weighted by Crippen LogP contribution is 2.36. The van der Waals surface area contributed by atoms with Crippen molar-refractivity contribution in [3.8, 4) is 0 Å². The van der Waals surface area contributed by atoms with Crippen LogP contribution in [0, 0.1) is 0 Å². The first-order valence-electron chi connectivity index (χ1n) is 9.76. The number of carbonyl (C=O) groups is 1. The molecule has 1 aromatic carbocycles. The molecule has 1 fully saturated rings. The SMILES string of the molecule is CC1Cc2ccc(B3OC(C)(C)C(C)(C)O3)cc2CN1C(=O)OC(C)(C)C. The van der Waals surface area contributed by atoms with E-state index in [1.54, 1.807) is 0 Å². The normalized spacial score (nSPS) is 23.9. The van der Waals surface area contributed by atoms with Crippen molar-refractivity contribution in [2.75, 3.05) is 0 Å². The predicted molar refractivity (Wildman–Crippen MR) is 107 cm³/mol. The van der Waals surface area contributed by atoms with Gasteiger partial charge in [-0.25, -0.2) is 4.79 Å². The van der Waals surface area contributed by atoms with Crippen molar-refractivity contribution in [1.82, 2.24) is 4.90 Å². The summed E-state index contributed by atoms with van der Waals surface area (Å²) in [5, 5.41) is 0. The second kappa shape index (κ2) is 6.52. The fourth-order valence-corrected chi connectivity index (χ4v) is 3.45. The van der Waals surface area contributed by atoms with Crippen LogP contribution in [-0.4, -0.2) is 41.0 Å². The lowest BCUT2D eigenvalue weighted by molar-refractivity contribution is 0.00578. The average Bonchev–Trinajstić information content (AvgIpc) is 2.72. The number of hydrogen-bond donors (Lipinski definition) is 0. The second-order valence-corrected chi connectivity index (χ2v) is 9.78. The summed E-state index contributed by atoms with van der Waals surface area (Å²) in [6.07, 6.45) is 0.555. The number of rotatable bonds is 1. The smallest absolute Gasteiger partial charge is 0.444 e. The van der Waals surface area contributed by atoms with Crippen LogP contribution in [0.1, 0.15) is 66.5 Å². The van der Waals surface area contributed by atoms with E-state index in [0.717, 1.165) is 17.4 Å². The molecule has 3 rings (SSSR count). The highest BCUT2D eigenvalue weighted by Gasteiger charge is 2.51. The molecule has 1 saturated heterocycles. The molecule has 0 aromatic heterocycles. The molecule has 2 heterocycles. The fraction of sp³-hybridized carbons (Fsp3) is 0.667. The third-order valence-corrected chi connectivity index (χ3v) is 5.77. The first kappa shape index (κ1) is 20.2. The van der Waals surface area contributed by atoms with Gasteiger partial charge in [0.2, 0.25) is 0 Å². The minimum atomic E-state index is -0.498. The Morgan fingerprint density at radius 1 is 1.15 bits per heavy atom. The molecule has 0 aliphatic carbocycles. The Kier molecular flexibility index (Phi) is 4.88. The topological polar surface area (TPSA) is 48.0 Å². The Hall–Kier alpha value is -1.53. The second-order valence-electron chi connectivity index (χ2n) is 9.78. The fourth-order valence-electron chi connectivity index (χ4n) is 3.45. The van der Waals surface area contributed by atoms with Crippen molar-refractivity contribution in [3.63, 3.8) is 0 Å². The molecule has 27 heavy (non-hydrogen) atoms. The Morgan fingerprint density at radius 3 is 2.30 bits per heavy atom. The molecular weight excluding hydrogens is 341 g/mol. The summed E-state index contributed by atoms with van der Waals surface area (Å²) in [6, 6.07) is 6.44. The van der Waals surface area contributed by atoms with Crippen molar-refractivity contribution in [2.45, 2.75) is 91.2 Å². The maximum absolute atomic E-state index is 12.6. The Labute approximate surface area is 163 Å². The van der Waals surface area contributed by atoms with Crippen LogP contribution >= 0.6 is 0 Å². The van der Waals surface area contributed by atoms with E-state index in [-0.39, 0.29) is 23.3 Å². The van der Waals surface area contributed by atoms with Gasteiger partial charge in [0, 0.05) is 12.6 Å². The number of fused-ring (bicyclic) bond motifs is 1. The average molecular weight is 373 g/mol. The van der Waals surface area contributed by atoms with Crippen molar-refractivity contribution in [2.24, 2.45) is 0 Å². The van der Waals surface area contributed by atoms with E-state index in [1.165, 1.54) is 5.56 Å². The third kappa shape index (κ3) is 4.02. The molecule has 0 saturated carbocycles. The van der Waals surface area contributed by atoms with Crippen molar-refractivity contribution in [3.05, 3.63) is 29.3 Å². The van der Waals surface area contributed by atoms with Gasteiger partial charge in [0.1, 0.15) is 5.60 Å². The number of ether oxygens (including phenoxy) is 1. The third-order valence-electron chi connectivity index (χ3n) is 5.77. The number of nitrogens with zero attached hydrogens (tertiary/aromatic N) is 1. The minimum absolute atomic E-state index is 0.107. The number of benzene rings is 1. The molecule has 148 valence electrons. The standard InChI is InChI=1S/C21H32BNO4/c1-14-11-15-9-10-17(22-26-20(5,6)21(7,8)27-22)12-16(15)13-23(14)18(24)25-19(2,3)4/h9-10,12,14H,11,13H2,1-8H3. The minimum Gasteiger partial charge on any atom is -0.444 e. The zero-order chi connectivity index (χ0) is 20.2. The van der Waals surface area contributed by atoms with Gasteiger partial charge in [0.05, 0.1) is 11.2 Å². The van der Waals surface area contributed by atoms with Gasteiger partial charge >= 0.3 is 13.2 Å². The van der Waals surface area contributed by atoms with Gasteiger partial charge in [0.15, 0.2) is 0 Å². The van der Waals surface area contributed by atoms with Crippen LogP contribution in [0.3, 0.4) is 0 Å². The Morgan fingerprint density at radius 2 is 1.74 bits per heavy atom. The van der Waals surface area contributed by atoms with Crippen LogP contribution in [0.4, 0.5) is 4.79 Å². The van der Waals surface area contributed by atoms with Crippen molar-refractivity contribution >= 4 is 18.7 Å². The van der Waals surface area contributed by atoms with Gasteiger partial charge in [-0.3, -0.25) is 0 Å². The van der Waals surface area contributed by atoms with E-state index in [1.807, 2.05) is 25.7 Å². The summed E-state index contributed by atoms with van der Waals surface area (Å²) in [5.41, 5.74) is 2.15. The first-order chi connectivity index (χ1) is 12.3. The maximum Gasteiger partial charge on any atom is 0.494 e. The van der Waals surface area contributed by atoms with Crippen LogP contribution in [-0.2, 0) is 27.0 Å². The van der Waals surface area contributed by atoms with Gasteiger partial charge in [-0.2, -0.15) is 0 Å². The molecule has 2 aliphatic rings. The molecule has 0 bridgehead atoms. The molecule has 0 radical (unpaired) electrons. The molecule has 0 spiro atoms. The number of carbonyl (C=O) groups excluding carboxylic acids is 1. The molecule has 1 aromatic rings. The number of amides is 1. The molecule has 1 atom stereocenters. The lowest BCUT2D eigenvalue weighted by Gasteiger charge is -2.36. The Bertz CT molecular complexity index is 722.